The number of ether oxygens (including phenoxy) is 1. The molecule has 2 aromatic rings. The van der Waals surface area contributed by atoms with E-state index in [4.69, 9.17) is 16.3 Å². The van der Waals surface area contributed by atoms with Crippen LogP contribution < -0.4 is 10.6 Å². The van der Waals surface area contributed by atoms with Gasteiger partial charge in [0.2, 0.25) is 0 Å². The first-order chi connectivity index (χ1) is 17.0. The summed E-state index contributed by atoms with van der Waals surface area (Å²) in [6.07, 6.45) is 2.05. The second kappa shape index (κ2) is 10.3. The Morgan fingerprint density at radius 2 is 1.67 bits per heavy atom. The van der Waals surface area contributed by atoms with Crippen molar-refractivity contribution in [1.29, 1.82) is 0 Å². The first kappa shape index (κ1) is 26.3. The maximum absolute atomic E-state index is 13.7. The second-order valence-corrected chi connectivity index (χ2v) is 11.6. The van der Waals surface area contributed by atoms with Crippen LogP contribution in [0.1, 0.15) is 36.0 Å². The lowest BCUT2D eigenvalue weighted by atomic mass is 9.81. The van der Waals surface area contributed by atoms with Crippen LogP contribution in [0.2, 0.25) is 5.02 Å². The van der Waals surface area contributed by atoms with E-state index in [0.29, 0.717) is 37.8 Å². The number of anilines is 1. The summed E-state index contributed by atoms with van der Waals surface area (Å²) < 4.78 is 72.7. The molecule has 2 atom stereocenters. The lowest BCUT2D eigenvalue weighted by Gasteiger charge is -2.34. The highest BCUT2D eigenvalue weighted by Crippen LogP contribution is 2.50. The molecule has 0 saturated heterocycles. The molecule has 2 aliphatic rings. The van der Waals surface area contributed by atoms with Gasteiger partial charge in [-0.1, -0.05) is 11.6 Å². The fourth-order valence-electron chi connectivity index (χ4n) is 5.35. The van der Waals surface area contributed by atoms with Crippen molar-refractivity contribution in [1.82, 2.24) is 5.32 Å². The monoisotopic (exact) mass is 544 g/mol. The summed E-state index contributed by atoms with van der Waals surface area (Å²) in [5, 5.41) is 3.88. The van der Waals surface area contributed by atoms with Crippen molar-refractivity contribution in [2.75, 3.05) is 19.0 Å². The van der Waals surface area contributed by atoms with Crippen LogP contribution in [0.25, 0.3) is 0 Å². The number of nitrogens with one attached hydrogen (secondary N) is 2. The number of halogens is 4. The molecule has 2 bridgehead atoms. The molecule has 7 nitrogen and oxygen atoms in total. The van der Waals surface area contributed by atoms with Crippen LogP contribution in [-0.4, -0.2) is 39.3 Å². The summed E-state index contributed by atoms with van der Waals surface area (Å²) in [7, 11) is -2.48. The number of carbonyl (C=O) groups is 2. The molecule has 0 heterocycles. The van der Waals surface area contributed by atoms with Crippen molar-refractivity contribution in [2.24, 2.45) is 17.8 Å². The van der Waals surface area contributed by atoms with E-state index in [1.165, 1.54) is 19.2 Å². The Labute approximate surface area is 211 Å². The minimum Gasteiger partial charge on any atom is -0.449 e. The Balaban J connectivity index is 1.54. The smallest absolute Gasteiger partial charge is 0.406 e. The number of hydrogen-bond acceptors (Lipinski definition) is 5. The van der Waals surface area contributed by atoms with Crippen LogP contribution in [0.15, 0.2) is 35.2 Å². The van der Waals surface area contributed by atoms with Gasteiger partial charge in [0.15, 0.2) is 27.3 Å². The average molecular weight is 545 g/mol. The van der Waals surface area contributed by atoms with Gasteiger partial charge in [-0.3, -0.25) is 4.79 Å². The zero-order valence-corrected chi connectivity index (χ0v) is 20.8. The van der Waals surface area contributed by atoms with Crippen molar-refractivity contribution in [3.63, 3.8) is 0 Å². The molecule has 12 heteroatoms. The highest BCUT2D eigenvalue weighted by atomic mass is 35.5. The molecule has 2 saturated carbocycles. The van der Waals surface area contributed by atoms with E-state index in [9.17, 15) is 31.2 Å². The molecular formula is C24H24ClF3N2O5S. The van der Waals surface area contributed by atoms with Crippen LogP contribution >= 0.6 is 11.6 Å². The van der Waals surface area contributed by atoms with Gasteiger partial charge >= 0.3 is 6.09 Å². The van der Waals surface area contributed by atoms with Gasteiger partial charge in [0.1, 0.15) is 0 Å². The van der Waals surface area contributed by atoms with Crippen LogP contribution in [-0.2, 0) is 14.6 Å². The normalized spacial score (nSPS) is 23.2. The summed E-state index contributed by atoms with van der Waals surface area (Å²) in [5.41, 5.74) is -0.422. The molecule has 0 spiro atoms. The van der Waals surface area contributed by atoms with E-state index in [-0.39, 0.29) is 45.5 Å². The van der Waals surface area contributed by atoms with Crippen molar-refractivity contribution >= 4 is 39.1 Å². The lowest BCUT2D eigenvalue weighted by Crippen LogP contribution is -2.39. The van der Waals surface area contributed by atoms with Crippen molar-refractivity contribution in [2.45, 2.75) is 35.8 Å². The minimum atomic E-state index is -3.94. The first-order valence-electron chi connectivity index (χ1n) is 11.3. The lowest BCUT2D eigenvalue weighted by molar-refractivity contribution is 0.102. The van der Waals surface area contributed by atoms with E-state index in [1.54, 1.807) is 0 Å². The molecule has 194 valence electrons. The molecule has 2 fully saturated rings. The Hall–Kier alpha value is -2.79. The molecule has 2 N–H and O–H groups in total. The molecule has 2 unspecified atom stereocenters. The molecule has 2 aliphatic carbocycles. The predicted molar refractivity (Wildman–Crippen MR) is 126 cm³/mol. The number of sulfone groups is 1. The van der Waals surface area contributed by atoms with Gasteiger partial charge in [-0.15, -0.1) is 0 Å². The van der Waals surface area contributed by atoms with E-state index in [2.05, 4.69) is 10.6 Å². The van der Waals surface area contributed by atoms with Gasteiger partial charge in [-0.05, 0) is 61.6 Å². The molecule has 0 aromatic heterocycles. The number of alkyl carbamates (subject to hydrolysis) is 1. The molecular weight excluding hydrogens is 521 g/mol. The Bertz CT molecular complexity index is 1270. The van der Waals surface area contributed by atoms with E-state index in [1.807, 2.05) is 0 Å². The van der Waals surface area contributed by atoms with Crippen LogP contribution in [0.3, 0.4) is 0 Å². The zero-order valence-electron chi connectivity index (χ0n) is 19.2. The topological polar surface area (TPSA) is 102 Å². The Kier molecular flexibility index (Phi) is 7.51. The predicted octanol–water partition coefficient (Wildman–Crippen LogP) is 4.94. The number of fused-ring (bicyclic) bond motifs is 2. The van der Waals surface area contributed by atoms with Crippen molar-refractivity contribution in [3.05, 3.63) is 58.4 Å². The van der Waals surface area contributed by atoms with Crippen molar-refractivity contribution in [3.8, 4) is 0 Å². The molecule has 36 heavy (non-hydrogen) atoms. The summed E-state index contributed by atoms with van der Waals surface area (Å²) in [4.78, 5) is 23.9. The summed E-state index contributed by atoms with van der Waals surface area (Å²) in [6.45, 7) is 0.209. The number of amides is 2. The number of hydrogen-bond donors (Lipinski definition) is 2. The second-order valence-electron chi connectivity index (χ2n) is 9.15. The summed E-state index contributed by atoms with van der Waals surface area (Å²) >= 11 is 6.25. The van der Waals surface area contributed by atoms with Crippen LogP contribution in [0.4, 0.5) is 23.7 Å². The third-order valence-electron chi connectivity index (χ3n) is 6.86. The van der Waals surface area contributed by atoms with E-state index < -0.39 is 44.5 Å². The zero-order chi connectivity index (χ0) is 26.2. The summed E-state index contributed by atoms with van der Waals surface area (Å²) in [5.74, 6) is -5.70. The average Bonchev–Trinajstić information content (AvgIpc) is 3.12. The number of rotatable bonds is 6. The molecule has 2 amide bonds. The standard InChI is InChI=1S/C24H24ClF3N2O5S/c1-29-24(32)35-11-12-6-13-2-3-14(7-12)22(13)36(33,34)20-8-15(4-5-17(20)25)23(31)30-16-9-18(26)21(28)19(27)10-16/h4-5,8-10,12-14,22H,2-3,6-7,11H2,1H3,(H,29,32)(H,30,31)/t12-,13?,14?,22+. The van der Waals surface area contributed by atoms with Gasteiger partial charge in [-0.25, -0.2) is 26.4 Å². The first-order valence-corrected chi connectivity index (χ1v) is 13.3. The molecule has 0 aliphatic heterocycles. The van der Waals surface area contributed by atoms with E-state index in [0.717, 1.165) is 6.07 Å². The van der Waals surface area contributed by atoms with Crippen molar-refractivity contribution < 1.29 is 35.9 Å². The maximum Gasteiger partial charge on any atom is 0.406 e. The molecule has 2 aromatic carbocycles. The SMILES string of the molecule is CNC(=O)OC[C@H]1CC2CCC(C1)[C@@H]2S(=O)(=O)c1cc(C(=O)Nc2cc(F)c(F)c(F)c2)ccc1Cl. The molecule has 4 rings (SSSR count). The highest BCUT2D eigenvalue weighted by Gasteiger charge is 2.50. The van der Waals surface area contributed by atoms with Gasteiger partial charge < -0.3 is 15.4 Å². The quantitative estimate of drug-likeness (QED) is 0.501. The van der Waals surface area contributed by atoms with Gasteiger partial charge in [0, 0.05) is 30.4 Å². The van der Waals surface area contributed by atoms with Crippen LogP contribution in [0.5, 0.6) is 0 Å². The fourth-order valence-corrected chi connectivity index (χ4v) is 8.22. The fraction of sp³-hybridized carbons (Fsp3) is 0.417. The van der Waals surface area contributed by atoms with Gasteiger partial charge in [-0.2, -0.15) is 0 Å². The highest BCUT2D eigenvalue weighted by molar-refractivity contribution is 7.92. The minimum absolute atomic E-state index is 0.0464. The van der Waals surface area contributed by atoms with Crippen LogP contribution in [0, 0.1) is 35.2 Å². The Morgan fingerprint density at radius 3 is 2.25 bits per heavy atom. The number of benzene rings is 2. The third kappa shape index (κ3) is 5.17. The van der Waals surface area contributed by atoms with Gasteiger partial charge in [0.05, 0.1) is 21.8 Å². The summed E-state index contributed by atoms with van der Waals surface area (Å²) in [6, 6.07) is 4.94. The third-order valence-corrected chi connectivity index (χ3v) is 9.74. The van der Waals surface area contributed by atoms with Gasteiger partial charge in [0.25, 0.3) is 5.91 Å². The maximum atomic E-state index is 13.7. The largest absolute Gasteiger partial charge is 0.449 e. The molecule has 0 radical (unpaired) electrons. The Morgan fingerprint density at radius 1 is 1.06 bits per heavy atom. The number of carbonyl (C=O) groups excluding carboxylic acids is 2. The van der Waals surface area contributed by atoms with E-state index >= 15 is 0 Å².